The Morgan fingerprint density at radius 1 is 0.762 bits per heavy atom. The minimum atomic E-state index is -4.10. The molecule has 0 aromatic heterocycles. The second-order valence-electron chi connectivity index (χ2n) is 5.36. The van der Waals surface area contributed by atoms with Crippen LogP contribution in [0.5, 0.6) is 0 Å². The summed E-state index contributed by atoms with van der Waals surface area (Å²) >= 11 is 0. The van der Waals surface area contributed by atoms with E-state index in [-0.39, 0.29) is 0 Å². The first-order valence-corrected chi connectivity index (χ1v) is 13.7. The van der Waals surface area contributed by atoms with Crippen molar-refractivity contribution in [2.24, 2.45) is 0 Å². The Morgan fingerprint density at radius 3 is 1.57 bits per heavy atom. The number of alkyl halides is 3. The molecular weight excluding hydrogens is 333 g/mol. The molecule has 9 heteroatoms. The maximum absolute atomic E-state index is 14.4. The number of hydrogen-bond acceptors (Lipinski definition) is 3. The molecule has 3 nitrogen and oxygen atoms in total. The van der Waals surface area contributed by atoms with Gasteiger partial charge in [-0.2, -0.15) is 0 Å². The molecule has 0 aromatic rings. The van der Waals surface area contributed by atoms with E-state index in [0.717, 1.165) is 18.2 Å². The van der Waals surface area contributed by atoms with Gasteiger partial charge in [0.05, 0.1) is 0 Å². The summed E-state index contributed by atoms with van der Waals surface area (Å²) < 4.78 is 59.9. The molecule has 4 unspecified atom stereocenters. The number of hydrogen-bond donors (Lipinski definition) is 0. The van der Waals surface area contributed by atoms with Crippen LogP contribution in [0.3, 0.4) is 0 Å². The molecule has 0 aliphatic carbocycles. The van der Waals surface area contributed by atoms with Gasteiger partial charge < -0.3 is 12.3 Å². The molecule has 0 N–H and O–H groups in total. The second kappa shape index (κ2) is 6.34. The molecule has 0 spiro atoms. The summed E-state index contributed by atoms with van der Waals surface area (Å²) in [5.41, 5.74) is 0. The Morgan fingerprint density at radius 2 is 1.19 bits per heavy atom. The molecule has 0 radical (unpaired) electrons. The van der Waals surface area contributed by atoms with Crippen LogP contribution in [0.15, 0.2) is 38.0 Å². The van der Waals surface area contributed by atoms with E-state index in [1.54, 1.807) is 13.1 Å². The van der Waals surface area contributed by atoms with Crippen molar-refractivity contribution in [2.75, 3.05) is 0 Å². The zero-order chi connectivity index (χ0) is 16.5. The normalized spacial score (nSPS) is 36.3. The van der Waals surface area contributed by atoms with Crippen LogP contribution >= 0.6 is 0 Å². The number of allylic oxidation sites excluding steroid dienone is 3. The zero-order valence-electron chi connectivity index (χ0n) is 12.4. The summed E-state index contributed by atoms with van der Waals surface area (Å²) in [5.74, 6) is -5.33. The third-order valence-corrected chi connectivity index (χ3v) is 16.1. The molecule has 0 saturated carbocycles. The van der Waals surface area contributed by atoms with Gasteiger partial charge in [0.1, 0.15) is 0 Å². The molecule has 4 atom stereocenters. The van der Waals surface area contributed by atoms with Gasteiger partial charge in [0, 0.05) is 0 Å². The summed E-state index contributed by atoms with van der Waals surface area (Å²) in [4.78, 5) is 0. The van der Waals surface area contributed by atoms with E-state index < -0.39 is 43.1 Å². The Kier molecular flexibility index (Phi) is 5.62. The molecule has 1 fully saturated rings. The van der Waals surface area contributed by atoms with Gasteiger partial charge in [-0.25, -0.2) is 13.2 Å². The van der Waals surface area contributed by atoms with Crippen molar-refractivity contribution < 1.29 is 25.5 Å². The molecule has 0 bridgehead atoms. The minimum absolute atomic E-state index is 0.925. The van der Waals surface area contributed by atoms with Crippen molar-refractivity contribution in [3.05, 3.63) is 38.0 Å². The van der Waals surface area contributed by atoms with Crippen LogP contribution in [-0.2, 0) is 12.3 Å². The van der Waals surface area contributed by atoms with Crippen molar-refractivity contribution in [1.82, 2.24) is 0 Å². The molecule has 1 aliphatic rings. The number of rotatable bonds is 6. The van der Waals surface area contributed by atoms with Crippen LogP contribution in [0.1, 0.15) is 0 Å². The average Bonchev–Trinajstić information content (AvgIpc) is 2.41. The Hall–Kier alpha value is -0.459. The molecule has 1 saturated heterocycles. The molecule has 0 amide bonds. The highest BCUT2D eigenvalue weighted by molar-refractivity contribution is 6.95. The predicted octanol–water partition coefficient (Wildman–Crippen LogP) is 3.46. The van der Waals surface area contributed by atoms with Crippen LogP contribution in [0.25, 0.3) is 0 Å². The van der Waals surface area contributed by atoms with Gasteiger partial charge in [0.2, 0.25) is 0 Å². The largest absolute Gasteiger partial charge is 0.414 e. The molecule has 1 heterocycles. The van der Waals surface area contributed by atoms with Crippen molar-refractivity contribution in [3.63, 3.8) is 0 Å². The van der Waals surface area contributed by atoms with Gasteiger partial charge in [0.15, 0.2) is 17.4 Å². The molecule has 120 valence electrons. The van der Waals surface area contributed by atoms with Crippen LogP contribution in [-0.4, -0.2) is 43.1 Å². The summed E-state index contributed by atoms with van der Waals surface area (Å²) in [6.45, 7) is 14.7. The van der Waals surface area contributed by atoms with E-state index >= 15 is 0 Å². The third-order valence-electron chi connectivity index (χ3n) is 3.11. The van der Waals surface area contributed by atoms with Gasteiger partial charge >= 0.3 is 25.7 Å². The predicted molar refractivity (Wildman–Crippen MR) is 83.4 cm³/mol. The quantitative estimate of drug-likeness (QED) is 0.540. The van der Waals surface area contributed by atoms with Crippen molar-refractivity contribution in [1.29, 1.82) is 0 Å². The second-order valence-corrected chi connectivity index (χ2v) is 15.7. The summed E-state index contributed by atoms with van der Waals surface area (Å²) in [6, 6.07) is 0. The van der Waals surface area contributed by atoms with Gasteiger partial charge in [-0.15, -0.1) is 19.7 Å². The zero-order valence-corrected chi connectivity index (χ0v) is 15.4. The van der Waals surface area contributed by atoms with Crippen molar-refractivity contribution in [3.8, 4) is 0 Å². The van der Waals surface area contributed by atoms with Gasteiger partial charge in [-0.05, 0) is 19.6 Å². The molecule has 0 aromatic carbocycles. The lowest BCUT2D eigenvalue weighted by Crippen LogP contribution is -2.76. The fourth-order valence-corrected chi connectivity index (χ4v) is 17.5. The highest BCUT2D eigenvalue weighted by atomic mass is 28.5. The smallest absolute Gasteiger partial charge is 0.399 e. The molecule has 1 rings (SSSR count). The first kappa shape index (κ1) is 18.6. The summed E-state index contributed by atoms with van der Waals surface area (Å²) in [6.07, 6.45) is 2.88. The maximum Gasteiger partial charge on any atom is 0.399 e. The van der Waals surface area contributed by atoms with Crippen LogP contribution in [0.4, 0.5) is 13.2 Å². The van der Waals surface area contributed by atoms with E-state index in [4.69, 9.17) is 12.3 Å². The van der Waals surface area contributed by atoms with Crippen molar-refractivity contribution >= 4 is 25.7 Å². The lowest BCUT2D eigenvalue weighted by molar-refractivity contribution is 0.162. The average molecular weight is 355 g/mol. The SMILES string of the molecule is C=CC(F)[Si]1(C)O[Si](C)(C)O[Si](C(F)C=C)(C(F)C=C)O1. The van der Waals surface area contributed by atoms with E-state index in [1.807, 2.05) is 0 Å². The van der Waals surface area contributed by atoms with Crippen LogP contribution in [0.2, 0.25) is 19.6 Å². The lowest BCUT2D eigenvalue weighted by Gasteiger charge is -2.51. The van der Waals surface area contributed by atoms with Crippen LogP contribution < -0.4 is 0 Å². The topological polar surface area (TPSA) is 27.7 Å². The first-order chi connectivity index (χ1) is 9.57. The summed E-state index contributed by atoms with van der Waals surface area (Å²) in [5, 5.41) is 0. The van der Waals surface area contributed by atoms with Gasteiger partial charge in [-0.1, -0.05) is 18.2 Å². The van der Waals surface area contributed by atoms with Crippen LogP contribution in [0, 0.1) is 0 Å². The lowest BCUT2D eigenvalue weighted by atomic mass is 10.7. The molecule has 21 heavy (non-hydrogen) atoms. The molecular formula is C12H21F3O3Si3. The van der Waals surface area contributed by atoms with Crippen molar-refractivity contribution in [2.45, 2.75) is 37.0 Å². The standard InChI is InChI=1S/C12H21F3O3Si3/c1-7-10(13)20(6)16-19(4,5)17-21(18-20,11(14)8-2)12(15)9-3/h7-12H,1-3H2,4-6H3. The van der Waals surface area contributed by atoms with Gasteiger partial charge in [-0.3, -0.25) is 0 Å². The fraction of sp³-hybridized carbons (Fsp3) is 0.500. The Balaban J connectivity index is 3.39. The third kappa shape index (κ3) is 3.48. The van der Waals surface area contributed by atoms with Gasteiger partial charge in [0.25, 0.3) is 0 Å². The summed E-state index contributed by atoms with van der Waals surface area (Å²) in [7, 11) is -10.6. The fourth-order valence-electron chi connectivity index (χ4n) is 2.28. The first-order valence-electron chi connectivity index (χ1n) is 6.47. The van der Waals surface area contributed by atoms with E-state index in [2.05, 4.69) is 19.7 Å². The number of halogens is 3. The highest BCUT2D eigenvalue weighted by Gasteiger charge is 2.66. The molecule has 1 aliphatic heterocycles. The van der Waals surface area contributed by atoms with E-state index in [1.165, 1.54) is 6.55 Å². The Labute approximate surface area is 126 Å². The van der Waals surface area contributed by atoms with E-state index in [9.17, 15) is 13.2 Å². The highest BCUT2D eigenvalue weighted by Crippen LogP contribution is 2.39. The minimum Gasteiger partial charge on any atom is -0.414 e. The van der Waals surface area contributed by atoms with E-state index in [0.29, 0.717) is 0 Å². The maximum atomic E-state index is 14.4. The monoisotopic (exact) mass is 354 g/mol. The Bertz CT molecular complexity index is 421.